The molecule has 4 aliphatic rings. The number of nitrogens with one attached hydrogen (secondary N) is 1. The summed E-state index contributed by atoms with van der Waals surface area (Å²) in [5.74, 6) is 0.0857. The molecular weight excluding hydrogens is 646 g/mol. The standard InChI is InChI=1S/C36H44FN7O4S/c1-41(2)18-15-38-49(46,47)44-25-9-10-26(44)22-42(21-25)34-30-12-11-29(31-20-27(45)19-24-7-3-4-8-28(24)31)32(37)33(30)39-35(40-34)48-23-36-13-5-16-43(36)17-6-14-36/h3-4,7-8,11-12,19-20,25-26,38,45H,5-6,9-10,13-18,21-23H2,1-2H3. The predicted molar refractivity (Wildman–Crippen MR) is 189 cm³/mol. The quantitative estimate of drug-likeness (QED) is 0.251. The third kappa shape index (κ3) is 5.89. The number of piperazine rings is 1. The molecule has 2 atom stereocenters. The van der Waals surface area contributed by atoms with Crippen LogP contribution in [-0.2, 0) is 10.2 Å². The van der Waals surface area contributed by atoms with Gasteiger partial charge in [-0.25, -0.2) is 9.11 Å². The van der Waals surface area contributed by atoms with E-state index in [0.29, 0.717) is 55.1 Å². The first-order chi connectivity index (χ1) is 23.6. The minimum Gasteiger partial charge on any atom is -0.508 e. The van der Waals surface area contributed by atoms with Crippen LogP contribution in [0.4, 0.5) is 10.2 Å². The molecular formula is C36H44FN7O4S. The Kier molecular flexibility index (Phi) is 8.38. The highest BCUT2D eigenvalue weighted by Gasteiger charge is 2.47. The molecule has 5 heterocycles. The molecule has 2 N–H and O–H groups in total. The molecule has 4 aromatic rings. The van der Waals surface area contributed by atoms with Crippen molar-refractivity contribution < 1.29 is 22.7 Å². The molecule has 3 aromatic carbocycles. The van der Waals surface area contributed by atoms with Crippen molar-refractivity contribution in [1.82, 2.24) is 28.8 Å². The van der Waals surface area contributed by atoms with Crippen LogP contribution in [0.1, 0.15) is 38.5 Å². The topological polar surface area (TPSA) is 114 Å². The Morgan fingerprint density at radius 3 is 2.47 bits per heavy atom. The van der Waals surface area contributed by atoms with E-state index < -0.39 is 16.0 Å². The van der Waals surface area contributed by atoms with Crippen molar-refractivity contribution in [3.05, 3.63) is 54.3 Å². The highest BCUT2D eigenvalue weighted by Crippen LogP contribution is 2.42. The summed E-state index contributed by atoms with van der Waals surface area (Å²) in [6.07, 6.45) is 5.84. The number of hydrogen-bond acceptors (Lipinski definition) is 9. The lowest BCUT2D eigenvalue weighted by Crippen LogP contribution is -2.58. The van der Waals surface area contributed by atoms with Crippen LogP contribution < -0.4 is 14.4 Å². The summed E-state index contributed by atoms with van der Waals surface area (Å²) in [7, 11) is 0.149. The van der Waals surface area contributed by atoms with E-state index in [1.54, 1.807) is 22.5 Å². The highest BCUT2D eigenvalue weighted by molar-refractivity contribution is 7.87. The Morgan fingerprint density at radius 1 is 1.00 bits per heavy atom. The number of phenols is 1. The third-order valence-corrected chi connectivity index (χ3v) is 12.7. The Bertz CT molecular complexity index is 1990. The first-order valence-corrected chi connectivity index (χ1v) is 18.8. The number of aromatic nitrogens is 2. The van der Waals surface area contributed by atoms with Gasteiger partial charge in [-0.3, -0.25) is 4.90 Å². The summed E-state index contributed by atoms with van der Waals surface area (Å²) in [6, 6.07) is 14.1. The molecule has 11 nitrogen and oxygen atoms in total. The molecule has 4 aliphatic heterocycles. The molecule has 8 rings (SSSR count). The van der Waals surface area contributed by atoms with Crippen LogP contribution in [0.3, 0.4) is 0 Å². The zero-order chi connectivity index (χ0) is 33.9. The van der Waals surface area contributed by atoms with Gasteiger partial charge in [-0.2, -0.15) is 22.7 Å². The number of phenolic OH excluding ortho intramolecular Hbond substituents is 1. The van der Waals surface area contributed by atoms with Gasteiger partial charge in [-0.15, -0.1) is 0 Å². The summed E-state index contributed by atoms with van der Waals surface area (Å²) in [5.41, 5.74) is 0.997. The zero-order valence-corrected chi connectivity index (χ0v) is 28.9. The maximum absolute atomic E-state index is 16.9. The largest absolute Gasteiger partial charge is 0.508 e. The first kappa shape index (κ1) is 32.6. The molecule has 0 amide bonds. The molecule has 1 aromatic heterocycles. The lowest BCUT2D eigenvalue weighted by molar-refractivity contribution is 0.108. The number of benzene rings is 3. The summed E-state index contributed by atoms with van der Waals surface area (Å²) < 4.78 is 54.6. The molecule has 2 bridgehead atoms. The van der Waals surface area contributed by atoms with Gasteiger partial charge in [0.05, 0.1) is 5.54 Å². The van der Waals surface area contributed by atoms with Crippen LogP contribution in [0.2, 0.25) is 0 Å². The van der Waals surface area contributed by atoms with Crippen molar-refractivity contribution in [3.63, 3.8) is 0 Å². The van der Waals surface area contributed by atoms with Crippen LogP contribution in [0.5, 0.6) is 11.8 Å². The number of fused-ring (bicyclic) bond motifs is 5. The van der Waals surface area contributed by atoms with E-state index in [1.807, 2.05) is 49.3 Å². The monoisotopic (exact) mass is 689 g/mol. The maximum Gasteiger partial charge on any atom is 0.319 e. The van der Waals surface area contributed by atoms with Gasteiger partial charge in [0.2, 0.25) is 0 Å². The Hall–Kier alpha value is -3.62. The average molecular weight is 690 g/mol. The number of halogens is 1. The smallest absolute Gasteiger partial charge is 0.319 e. The SMILES string of the molecule is CN(C)CCNS(=O)(=O)N1C2CCC1CN(c1nc(OCC34CCCN3CCC4)nc3c(F)c(-c4cc(O)cc5ccccc45)ccc13)C2. The van der Waals surface area contributed by atoms with Crippen LogP contribution >= 0.6 is 0 Å². The van der Waals surface area contributed by atoms with Gasteiger partial charge in [0.15, 0.2) is 5.82 Å². The van der Waals surface area contributed by atoms with Crippen molar-refractivity contribution in [1.29, 1.82) is 0 Å². The number of ether oxygens (including phenoxy) is 1. The zero-order valence-electron chi connectivity index (χ0n) is 28.1. The second-order valence-corrected chi connectivity index (χ2v) is 16.1. The van der Waals surface area contributed by atoms with Crippen LogP contribution in [-0.4, -0.2) is 115 Å². The van der Waals surface area contributed by atoms with Gasteiger partial charge in [0.25, 0.3) is 10.2 Å². The van der Waals surface area contributed by atoms with E-state index in [0.717, 1.165) is 62.4 Å². The molecule has 0 spiro atoms. The minimum absolute atomic E-state index is 0.0436. The van der Waals surface area contributed by atoms with E-state index in [1.165, 1.54) is 0 Å². The summed E-state index contributed by atoms with van der Waals surface area (Å²) in [6.45, 7) is 4.35. The fraction of sp³-hybridized carbons (Fsp3) is 0.500. The van der Waals surface area contributed by atoms with E-state index in [4.69, 9.17) is 14.7 Å². The molecule has 13 heteroatoms. The van der Waals surface area contributed by atoms with E-state index >= 15 is 4.39 Å². The second-order valence-electron chi connectivity index (χ2n) is 14.4. The highest BCUT2D eigenvalue weighted by atomic mass is 32.2. The number of nitrogens with zero attached hydrogens (tertiary/aromatic N) is 6. The van der Waals surface area contributed by atoms with Crippen molar-refractivity contribution in [3.8, 4) is 22.9 Å². The molecule has 0 aliphatic carbocycles. The van der Waals surface area contributed by atoms with E-state index in [9.17, 15) is 13.5 Å². The summed E-state index contributed by atoms with van der Waals surface area (Å²) in [4.78, 5) is 16.2. The Labute approximate surface area is 286 Å². The molecule has 49 heavy (non-hydrogen) atoms. The molecule has 0 radical (unpaired) electrons. The second kappa shape index (κ2) is 12.6. The lowest BCUT2D eigenvalue weighted by atomic mass is 9.95. The van der Waals surface area contributed by atoms with Crippen LogP contribution in [0, 0.1) is 5.82 Å². The van der Waals surface area contributed by atoms with E-state index in [2.05, 4.69) is 14.5 Å². The fourth-order valence-corrected chi connectivity index (χ4v) is 10.3. The van der Waals surface area contributed by atoms with Crippen LogP contribution in [0.25, 0.3) is 32.8 Å². The van der Waals surface area contributed by atoms with E-state index in [-0.39, 0.29) is 34.9 Å². The third-order valence-electron chi connectivity index (χ3n) is 11.0. The molecule has 260 valence electrons. The number of hydrogen-bond donors (Lipinski definition) is 2. The Balaban J connectivity index is 1.18. The fourth-order valence-electron chi connectivity index (χ4n) is 8.72. The number of rotatable bonds is 10. The van der Waals surface area contributed by atoms with Crippen molar-refractivity contribution in [2.45, 2.75) is 56.1 Å². The summed E-state index contributed by atoms with van der Waals surface area (Å²) >= 11 is 0. The predicted octanol–water partition coefficient (Wildman–Crippen LogP) is 4.35. The normalized spacial score (nSPS) is 22.5. The number of aromatic hydroxyl groups is 1. The number of anilines is 1. The molecule has 4 fully saturated rings. The number of likely N-dealkylation sites (N-methyl/N-ethyl adjacent to an activating group) is 1. The first-order valence-electron chi connectivity index (χ1n) is 17.4. The molecule has 0 saturated carbocycles. The van der Waals surface area contributed by atoms with Gasteiger partial charge >= 0.3 is 6.01 Å². The maximum atomic E-state index is 16.9. The van der Waals surface area contributed by atoms with Gasteiger partial charge in [0.1, 0.15) is 23.7 Å². The van der Waals surface area contributed by atoms with Gasteiger partial charge in [-0.1, -0.05) is 30.3 Å². The van der Waals surface area contributed by atoms with Gasteiger partial charge < -0.3 is 19.6 Å². The molecule has 2 unspecified atom stereocenters. The van der Waals surface area contributed by atoms with Gasteiger partial charge in [-0.05, 0) is 100 Å². The van der Waals surface area contributed by atoms with Crippen molar-refractivity contribution in [2.24, 2.45) is 0 Å². The Morgan fingerprint density at radius 2 is 1.73 bits per heavy atom. The van der Waals surface area contributed by atoms with Crippen molar-refractivity contribution in [2.75, 3.05) is 64.9 Å². The van der Waals surface area contributed by atoms with Crippen LogP contribution in [0.15, 0.2) is 48.5 Å². The average Bonchev–Trinajstić information content (AvgIpc) is 3.74. The molecule has 4 saturated heterocycles. The summed E-state index contributed by atoms with van der Waals surface area (Å²) in [5, 5.41) is 12.7. The van der Waals surface area contributed by atoms with Gasteiger partial charge in [0, 0.05) is 49.2 Å². The lowest BCUT2D eigenvalue weighted by Gasteiger charge is -2.40. The van der Waals surface area contributed by atoms with Crippen molar-refractivity contribution >= 4 is 37.7 Å². The minimum atomic E-state index is -3.68.